The van der Waals surface area contributed by atoms with Crippen LogP contribution in [0.4, 0.5) is 0 Å². The Morgan fingerprint density at radius 1 is 0.773 bits per heavy atom. The van der Waals surface area contributed by atoms with E-state index >= 15 is 0 Å². The van der Waals surface area contributed by atoms with E-state index < -0.39 is 20.8 Å². The molecule has 1 radical (unpaired) electrons. The molecule has 0 aromatic heterocycles. The molecule has 3 rings (SSSR count). The van der Waals surface area contributed by atoms with E-state index in [-0.39, 0.29) is 57.5 Å². The molecule has 0 bridgehead atoms. The maximum atomic E-state index is 12.3. The first-order valence-corrected chi connectivity index (χ1v) is 7.13. The van der Waals surface area contributed by atoms with Gasteiger partial charge in [0.15, 0.2) is 11.6 Å². The number of carbonyl (C=O) groups excluding carboxylic acids is 2. The molecule has 8 heteroatoms. The summed E-state index contributed by atoms with van der Waals surface area (Å²) in [5.41, 5.74) is 0.659. The summed E-state index contributed by atoms with van der Waals surface area (Å²) in [6, 6.07) is 9.72. The van der Waals surface area contributed by atoms with E-state index in [1.165, 1.54) is 12.1 Å². The minimum Gasteiger partial charge on any atom is -0.412 e. The van der Waals surface area contributed by atoms with Crippen molar-refractivity contribution < 1.29 is 28.0 Å². The van der Waals surface area contributed by atoms with Gasteiger partial charge >= 0.3 is 0 Å². The quantitative estimate of drug-likeness (QED) is 0.515. The predicted molar refractivity (Wildman–Crippen MR) is 78.9 cm³/mol. The smallest absolute Gasteiger partial charge is 0.294 e. The molecule has 0 saturated heterocycles. The largest absolute Gasteiger partial charge is 0.412 e. The van der Waals surface area contributed by atoms with Gasteiger partial charge < -0.3 is 5.48 Å². The maximum absolute atomic E-state index is 12.3. The van der Waals surface area contributed by atoms with E-state index in [9.17, 15) is 18.0 Å². The standard InChI is InChI=1S/C14H8O5S.Na.H2O/c15-13-9-3-1-2-4-10(9)14(16)12-7-8(20(17,18)19)5-6-11(12)13;;/h1-7H,(H,17,18,19);;1H2. The van der Waals surface area contributed by atoms with Crippen LogP contribution in [0.1, 0.15) is 31.8 Å². The molecule has 0 unspecified atom stereocenters. The van der Waals surface area contributed by atoms with E-state index in [2.05, 4.69) is 0 Å². The Balaban J connectivity index is 0.00000121. The van der Waals surface area contributed by atoms with Crippen LogP contribution in [0, 0.1) is 0 Å². The van der Waals surface area contributed by atoms with Crippen molar-refractivity contribution in [3.8, 4) is 0 Å². The van der Waals surface area contributed by atoms with Crippen molar-refractivity contribution >= 4 is 51.2 Å². The molecule has 0 atom stereocenters. The summed E-state index contributed by atoms with van der Waals surface area (Å²) in [6.45, 7) is 0. The molecule has 1 aliphatic rings. The third kappa shape index (κ3) is 2.91. The molecule has 6 nitrogen and oxygen atoms in total. The van der Waals surface area contributed by atoms with Crippen LogP contribution >= 0.6 is 0 Å². The SMILES string of the molecule is O.O=C1c2ccccc2C(=O)c2cc(S(=O)(=O)O)ccc21.[Na]. The maximum Gasteiger partial charge on any atom is 0.294 e. The third-order valence-corrected chi connectivity index (χ3v) is 4.04. The first kappa shape index (κ1) is 18.7. The first-order valence-electron chi connectivity index (χ1n) is 5.69. The van der Waals surface area contributed by atoms with E-state index in [0.717, 1.165) is 12.1 Å². The number of ketones is 2. The van der Waals surface area contributed by atoms with Crippen molar-refractivity contribution in [2.45, 2.75) is 4.90 Å². The van der Waals surface area contributed by atoms with Gasteiger partial charge in [0.1, 0.15) is 0 Å². The summed E-state index contributed by atoms with van der Waals surface area (Å²) in [5.74, 6) is -0.766. The van der Waals surface area contributed by atoms with Crippen LogP contribution in [0.15, 0.2) is 47.4 Å². The number of hydrogen-bond acceptors (Lipinski definition) is 4. The molecular formula is C14H10NaO6S. The van der Waals surface area contributed by atoms with Gasteiger partial charge in [-0.2, -0.15) is 8.42 Å². The van der Waals surface area contributed by atoms with E-state index in [1.54, 1.807) is 18.2 Å². The summed E-state index contributed by atoms with van der Waals surface area (Å²) in [5, 5.41) is 0. The van der Waals surface area contributed by atoms with Gasteiger partial charge in [0.05, 0.1) is 4.90 Å². The van der Waals surface area contributed by atoms with Gasteiger partial charge in [-0.15, -0.1) is 0 Å². The fraction of sp³-hybridized carbons (Fsp3) is 0. The molecule has 22 heavy (non-hydrogen) atoms. The monoisotopic (exact) mass is 329 g/mol. The van der Waals surface area contributed by atoms with Gasteiger partial charge in [0.25, 0.3) is 10.1 Å². The minimum atomic E-state index is -4.42. The summed E-state index contributed by atoms with van der Waals surface area (Å²) >= 11 is 0. The second kappa shape index (κ2) is 6.41. The van der Waals surface area contributed by atoms with Crippen LogP contribution in [0.5, 0.6) is 0 Å². The molecule has 2 aromatic rings. The number of carbonyl (C=O) groups is 2. The molecule has 0 saturated carbocycles. The Bertz CT molecular complexity index is 873. The average Bonchev–Trinajstić information content (AvgIpc) is 2.43. The van der Waals surface area contributed by atoms with Gasteiger partial charge in [-0.05, 0) is 18.2 Å². The zero-order valence-electron chi connectivity index (χ0n) is 11.5. The van der Waals surface area contributed by atoms with E-state index in [4.69, 9.17) is 4.55 Å². The zero-order valence-corrected chi connectivity index (χ0v) is 14.3. The Labute approximate surface area is 148 Å². The number of fused-ring (bicyclic) bond motifs is 2. The van der Waals surface area contributed by atoms with E-state index in [0.29, 0.717) is 5.56 Å². The van der Waals surface area contributed by atoms with Crippen molar-refractivity contribution in [2.24, 2.45) is 0 Å². The van der Waals surface area contributed by atoms with Gasteiger partial charge in [-0.1, -0.05) is 24.3 Å². The van der Waals surface area contributed by atoms with E-state index in [1.807, 2.05) is 0 Å². The summed E-state index contributed by atoms with van der Waals surface area (Å²) in [4.78, 5) is 24.1. The van der Waals surface area contributed by atoms with Gasteiger partial charge in [-0.25, -0.2) is 0 Å². The molecular weight excluding hydrogens is 319 g/mol. The van der Waals surface area contributed by atoms with Crippen LogP contribution in [0.2, 0.25) is 0 Å². The van der Waals surface area contributed by atoms with Gasteiger partial charge in [0.2, 0.25) is 0 Å². The average molecular weight is 329 g/mol. The molecule has 0 heterocycles. The van der Waals surface area contributed by atoms with Crippen molar-refractivity contribution in [1.29, 1.82) is 0 Å². The molecule has 0 aliphatic heterocycles. The number of benzene rings is 2. The fourth-order valence-corrected chi connectivity index (χ4v) is 2.75. The minimum absolute atomic E-state index is 0. The van der Waals surface area contributed by atoms with Crippen LogP contribution in [0.25, 0.3) is 0 Å². The molecule has 2 aromatic carbocycles. The van der Waals surface area contributed by atoms with Crippen molar-refractivity contribution in [3.05, 3.63) is 64.7 Å². The molecule has 109 valence electrons. The Morgan fingerprint density at radius 2 is 1.23 bits per heavy atom. The molecule has 3 N–H and O–H groups in total. The Morgan fingerprint density at radius 3 is 1.73 bits per heavy atom. The van der Waals surface area contributed by atoms with Gasteiger partial charge in [0, 0.05) is 51.8 Å². The molecule has 0 fully saturated rings. The number of rotatable bonds is 1. The topological polar surface area (TPSA) is 120 Å². The Hall–Kier alpha value is -1.35. The molecule has 1 aliphatic carbocycles. The summed E-state index contributed by atoms with van der Waals surface area (Å²) in [6.07, 6.45) is 0. The van der Waals surface area contributed by atoms with Crippen molar-refractivity contribution in [2.75, 3.05) is 0 Å². The summed E-state index contributed by atoms with van der Waals surface area (Å²) in [7, 11) is -4.42. The summed E-state index contributed by atoms with van der Waals surface area (Å²) < 4.78 is 31.2. The van der Waals surface area contributed by atoms with Crippen molar-refractivity contribution in [3.63, 3.8) is 0 Å². The van der Waals surface area contributed by atoms with Crippen LogP contribution in [-0.4, -0.2) is 59.6 Å². The normalized spacial score (nSPS) is 12.6. The number of hydrogen-bond donors (Lipinski definition) is 1. The fourth-order valence-electron chi connectivity index (χ4n) is 2.24. The second-order valence-electron chi connectivity index (χ2n) is 4.39. The van der Waals surface area contributed by atoms with Crippen LogP contribution in [0.3, 0.4) is 0 Å². The Kier molecular flexibility index (Phi) is 5.45. The predicted octanol–water partition coefficient (Wildman–Crippen LogP) is 0.503. The van der Waals surface area contributed by atoms with Crippen molar-refractivity contribution in [1.82, 2.24) is 0 Å². The second-order valence-corrected chi connectivity index (χ2v) is 5.81. The molecule has 0 spiro atoms. The van der Waals surface area contributed by atoms with Gasteiger partial charge in [-0.3, -0.25) is 14.1 Å². The molecule has 0 amide bonds. The first-order chi connectivity index (χ1) is 9.39. The zero-order chi connectivity index (χ0) is 14.5. The van der Waals surface area contributed by atoms with Crippen LogP contribution < -0.4 is 0 Å². The van der Waals surface area contributed by atoms with Crippen LogP contribution in [-0.2, 0) is 10.1 Å². The third-order valence-electron chi connectivity index (χ3n) is 3.19.